The van der Waals surface area contributed by atoms with Gasteiger partial charge in [0.15, 0.2) is 0 Å². The Morgan fingerprint density at radius 2 is 2.15 bits per heavy atom. The quantitative estimate of drug-likeness (QED) is 0.863. The highest BCUT2D eigenvalue weighted by atomic mass is 19.4. The summed E-state index contributed by atoms with van der Waals surface area (Å²) < 4.78 is 40.8. The van der Waals surface area contributed by atoms with Gasteiger partial charge >= 0.3 is 6.36 Å². The molecule has 1 aliphatic carbocycles. The highest BCUT2D eigenvalue weighted by molar-refractivity contribution is 5.83. The van der Waals surface area contributed by atoms with E-state index in [4.69, 9.17) is 5.26 Å². The molecule has 1 aromatic carbocycles. The molecule has 0 unspecified atom stereocenters. The van der Waals surface area contributed by atoms with Gasteiger partial charge in [-0.2, -0.15) is 5.26 Å². The van der Waals surface area contributed by atoms with E-state index in [2.05, 4.69) is 10.1 Å². The molecule has 0 spiro atoms. The fourth-order valence-electron chi connectivity index (χ4n) is 2.09. The van der Waals surface area contributed by atoms with Gasteiger partial charge in [-0.05, 0) is 24.0 Å². The van der Waals surface area contributed by atoms with Crippen LogP contribution < -0.4 is 10.1 Å². The first-order valence-electron chi connectivity index (χ1n) is 5.91. The van der Waals surface area contributed by atoms with Gasteiger partial charge in [-0.25, -0.2) is 0 Å². The van der Waals surface area contributed by atoms with Crippen molar-refractivity contribution in [2.24, 2.45) is 5.92 Å². The minimum atomic E-state index is -4.76. The van der Waals surface area contributed by atoms with Crippen LogP contribution in [-0.2, 0) is 4.79 Å². The maximum absolute atomic E-state index is 12.3. The van der Waals surface area contributed by atoms with Crippen molar-refractivity contribution < 1.29 is 22.7 Å². The molecule has 106 valence electrons. The third-order valence-electron chi connectivity index (χ3n) is 3.01. The zero-order chi connectivity index (χ0) is 14.8. The van der Waals surface area contributed by atoms with E-state index in [1.807, 2.05) is 0 Å². The van der Waals surface area contributed by atoms with Gasteiger partial charge in [0.2, 0.25) is 5.91 Å². The van der Waals surface area contributed by atoms with Crippen LogP contribution in [-0.4, -0.2) is 18.8 Å². The number of carbonyl (C=O) groups excluding carboxylic acids is 1. The highest BCUT2D eigenvalue weighted by Gasteiger charge is 2.46. The molecule has 1 fully saturated rings. The second-order valence-electron chi connectivity index (χ2n) is 4.41. The molecule has 1 amide bonds. The van der Waals surface area contributed by atoms with Crippen LogP contribution in [0.5, 0.6) is 5.75 Å². The summed E-state index contributed by atoms with van der Waals surface area (Å²) in [5, 5.41) is 10.8. The lowest BCUT2D eigenvalue weighted by atomic mass is 10.1. The number of carbonyl (C=O) groups is 1. The van der Waals surface area contributed by atoms with Crippen LogP contribution in [0.15, 0.2) is 24.3 Å². The van der Waals surface area contributed by atoms with E-state index in [-0.39, 0.29) is 24.1 Å². The Morgan fingerprint density at radius 1 is 1.45 bits per heavy atom. The summed E-state index contributed by atoms with van der Waals surface area (Å²) >= 11 is 0. The van der Waals surface area contributed by atoms with Crippen LogP contribution >= 0.6 is 0 Å². The molecule has 20 heavy (non-hydrogen) atoms. The lowest BCUT2D eigenvalue weighted by Gasteiger charge is -2.12. The summed E-state index contributed by atoms with van der Waals surface area (Å²) in [6.07, 6.45) is -4.31. The number of ether oxygens (including phenoxy) is 1. The molecule has 0 saturated heterocycles. The maximum Gasteiger partial charge on any atom is 0.573 e. The lowest BCUT2D eigenvalue weighted by molar-refractivity contribution is -0.274. The Balaban J connectivity index is 2.08. The molecular formula is C13H11F3N2O2. The Kier molecular flexibility index (Phi) is 3.84. The predicted molar refractivity (Wildman–Crippen MR) is 62.6 cm³/mol. The van der Waals surface area contributed by atoms with Crippen LogP contribution in [0, 0.1) is 17.2 Å². The number of halogens is 3. The maximum atomic E-state index is 12.3. The first-order chi connectivity index (χ1) is 9.42. The summed E-state index contributed by atoms with van der Waals surface area (Å²) in [4.78, 5) is 11.6. The largest absolute Gasteiger partial charge is 0.573 e. The van der Waals surface area contributed by atoms with Gasteiger partial charge in [-0.3, -0.25) is 4.79 Å². The summed E-state index contributed by atoms with van der Waals surface area (Å²) in [6.45, 7) is -0.108. The van der Waals surface area contributed by atoms with E-state index >= 15 is 0 Å². The number of para-hydroxylation sites is 1. The number of nitrogens with one attached hydrogen (secondary N) is 1. The van der Waals surface area contributed by atoms with E-state index < -0.39 is 12.3 Å². The molecule has 1 aromatic rings. The number of nitrogens with zero attached hydrogens (tertiary/aromatic N) is 1. The van der Waals surface area contributed by atoms with Crippen molar-refractivity contribution in [2.75, 3.05) is 6.54 Å². The number of benzene rings is 1. The molecule has 1 aliphatic rings. The predicted octanol–water partition coefficient (Wildman–Crippen LogP) is 2.33. The fraction of sp³-hybridized carbons (Fsp3) is 0.385. The molecule has 0 heterocycles. The van der Waals surface area contributed by atoms with Crippen molar-refractivity contribution in [3.8, 4) is 11.8 Å². The van der Waals surface area contributed by atoms with E-state index in [9.17, 15) is 18.0 Å². The third-order valence-corrected chi connectivity index (χ3v) is 3.01. The number of alkyl halides is 3. The molecular weight excluding hydrogens is 273 g/mol. The lowest BCUT2D eigenvalue weighted by Crippen LogP contribution is -2.25. The summed E-state index contributed by atoms with van der Waals surface area (Å²) in [5.41, 5.74) is 0.363. The van der Waals surface area contributed by atoms with Crippen LogP contribution in [0.2, 0.25) is 0 Å². The third kappa shape index (κ3) is 3.41. The van der Waals surface area contributed by atoms with Crippen molar-refractivity contribution in [1.82, 2.24) is 5.32 Å². The van der Waals surface area contributed by atoms with Crippen LogP contribution in [0.1, 0.15) is 17.9 Å². The first-order valence-corrected chi connectivity index (χ1v) is 5.91. The Morgan fingerprint density at radius 3 is 2.80 bits per heavy atom. The second-order valence-corrected chi connectivity index (χ2v) is 4.41. The Hall–Kier alpha value is -2.23. The van der Waals surface area contributed by atoms with Gasteiger partial charge in [-0.1, -0.05) is 18.2 Å². The molecule has 2 rings (SSSR count). The van der Waals surface area contributed by atoms with Crippen molar-refractivity contribution >= 4 is 5.91 Å². The molecule has 2 atom stereocenters. The minimum absolute atomic E-state index is 0.108. The van der Waals surface area contributed by atoms with E-state index in [1.165, 1.54) is 18.2 Å². The topological polar surface area (TPSA) is 62.1 Å². The van der Waals surface area contributed by atoms with E-state index in [0.29, 0.717) is 12.0 Å². The highest BCUT2D eigenvalue weighted by Crippen LogP contribution is 2.50. The summed E-state index contributed by atoms with van der Waals surface area (Å²) in [6, 6.07) is 7.56. The number of rotatable bonds is 4. The SMILES string of the molecule is N#CCNC(=O)[C@@H]1C[C@@H]1c1ccccc1OC(F)(F)F. The molecule has 0 aliphatic heterocycles. The number of hydrogen-bond donors (Lipinski definition) is 1. The smallest absolute Gasteiger partial charge is 0.405 e. The molecule has 1 saturated carbocycles. The monoisotopic (exact) mass is 284 g/mol. The van der Waals surface area contributed by atoms with Crippen molar-refractivity contribution in [2.45, 2.75) is 18.7 Å². The Labute approximate surface area is 113 Å². The summed E-state index contributed by atoms with van der Waals surface area (Å²) in [5.74, 6) is -1.30. The average molecular weight is 284 g/mol. The number of hydrogen-bond acceptors (Lipinski definition) is 3. The van der Waals surface area contributed by atoms with E-state index in [0.717, 1.165) is 0 Å². The molecule has 0 bridgehead atoms. The fourth-order valence-corrected chi connectivity index (χ4v) is 2.09. The van der Waals surface area contributed by atoms with Gasteiger partial charge < -0.3 is 10.1 Å². The number of nitriles is 1. The second kappa shape index (κ2) is 5.41. The average Bonchev–Trinajstić information content (AvgIpc) is 3.15. The van der Waals surface area contributed by atoms with Gasteiger partial charge in [0.05, 0.1) is 6.07 Å². The van der Waals surface area contributed by atoms with Crippen molar-refractivity contribution in [1.29, 1.82) is 5.26 Å². The zero-order valence-electron chi connectivity index (χ0n) is 10.3. The van der Waals surface area contributed by atoms with Crippen LogP contribution in [0.25, 0.3) is 0 Å². The van der Waals surface area contributed by atoms with Crippen molar-refractivity contribution in [3.05, 3.63) is 29.8 Å². The normalized spacial score (nSPS) is 20.9. The molecule has 4 nitrogen and oxygen atoms in total. The van der Waals surface area contributed by atoms with Gasteiger partial charge in [0.1, 0.15) is 12.3 Å². The minimum Gasteiger partial charge on any atom is -0.405 e. The molecule has 0 radical (unpaired) electrons. The first kappa shape index (κ1) is 14.2. The van der Waals surface area contributed by atoms with E-state index in [1.54, 1.807) is 12.1 Å². The number of amides is 1. The van der Waals surface area contributed by atoms with Gasteiger partial charge in [-0.15, -0.1) is 13.2 Å². The molecule has 1 N–H and O–H groups in total. The van der Waals surface area contributed by atoms with Gasteiger partial charge in [0, 0.05) is 5.92 Å². The standard InChI is InChI=1S/C13H11F3N2O2/c14-13(15,16)20-11-4-2-1-3-8(11)9-7-10(9)12(19)18-6-5-17/h1-4,9-10H,6-7H2,(H,18,19)/t9-,10-/m1/s1. The summed E-state index contributed by atoms with van der Waals surface area (Å²) in [7, 11) is 0. The molecule has 7 heteroatoms. The molecule has 0 aromatic heterocycles. The Bertz CT molecular complexity index is 551. The zero-order valence-corrected chi connectivity index (χ0v) is 10.3. The van der Waals surface area contributed by atoms with Gasteiger partial charge in [0.25, 0.3) is 0 Å². The van der Waals surface area contributed by atoms with Crippen LogP contribution in [0.3, 0.4) is 0 Å². The van der Waals surface area contributed by atoms with Crippen LogP contribution in [0.4, 0.5) is 13.2 Å². The van der Waals surface area contributed by atoms with Crippen molar-refractivity contribution in [3.63, 3.8) is 0 Å².